The summed E-state index contributed by atoms with van der Waals surface area (Å²) in [6.45, 7) is 1.99. The maximum atomic E-state index is 11.6. The first kappa shape index (κ1) is 8.54. The summed E-state index contributed by atoms with van der Waals surface area (Å²) in [5, 5.41) is 11.6. The topological polar surface area (TPSA) is 26.9 Å². The number of hydrogen-bond donors (Lipinski definition) is 0. The van der Waals surface area contributed by atoms with Crippen molar-refractivity contribution in [2.45, 2.75) is 39.0 Å². The molecule has 0 N–H and O–H groups in total. The van der Waals surface area contributed by atoms with Crippen LogP contribution in [0.5, 0.6) is 0 Å². The summed E-state index contributed by atoms with van der Waals surface area (Å²) < 4.78 is 1.07. The van der Waals surface area contributed by atoms with E-state index >= 15 is 0 Å². The zero-order valence-corrected chi connectivity index (χ0v) is 8.05. The Morgan fingerprint density at radius 2 is 2.00 bits per heavy atom. The quantitative estimate of drug-likeness (QED) is 0.338. The van der Waals surface area contributed by atoms with Crippen molar-refractivity contribution in [3.63, 3.8) is 0 Å². The molecule has 0 fully saturated rings. The van der Waals surface area contributed by atoms with Crippen LogP contribution in [-0.2, 0) is 12.8 Å². The molecule has 70 valence electrons. The molecule has 1 aromatic heterocycles. The minimum atomic E-state index is 0.957. The summed E-state index contributed by atoms with van der Waals surface area (Å²) in [7, 11) is 0. The summed E-state index contributed by atoms with van der Waals surface area (Å²) in [6.07, 6.45) is 7.38. The molecule has 0 atom stereocenters. The maximum Gasteiger partial charge on any atom is 0.195 e. The molecule has 0 saturated heterocycles. The van der Waals surface area contributed by atoms with Crippen LogP contribution in [0.15, 0.2) is 12.3 Å². The number of aromatic nitrogens is 1. The molecule has 1 aliphatic rings. The Morgan fingerprint density at radius 1 is 1.23 bits per heavy atom. The predicted molar refractivity (Wildman–Crippen MR) is 51.4 cm³/mol. The van der Waals surface area contributed by atoms with E-state index in [2.05, 4.69) is 6.07 Å². The fourth-order valence-corrected chi connectivity index (χ4v) is 2.07. The Morgan fingerprint density at radius 3 is 2.85 bits per heavy atom. The average Bonchev–Trinajstić information content (AvgIpc) is 2.28. The first-order valence-corrected chi connectivity index (χ1v) is 4.99. The Balaban J connectivity index is 2.47. The summed E-state index contributed by atoms with van der Waals surface area (Å²) in [5.74, 6) is 0. The molecule has 1 heterocycles. The molecule has 0 amide bonds. The lowest BCUT2D eigenvalue weighted by molar-refractivity contribution is -0.614. The van der Waals surface area contributed by atoms with Crippen LogP contribution in [0, 0.1) is 12.1 Å². The van der Waals surface area contributed by atoms with Gasteiger partial charge in [0.2, 0.25) is 0 Å². The highest BCUT2D eigenvalue weighted by atomic mass is 16.5. The van der Waals surface area contributed by atoms with Crippen molar-refractivity contribution in [2.24, 2.45) is 0 Å². The minimum Gasteiger partial charge on any atom is -0.618 e. The van der Waals surface area contributed by atoms with Crippen molar-refractivity contribution < 1.29 is 4.73 Å². The number of aryl methyl sites for hydroxylation is 2. The molecule has 0 aliphatic heterocycles. The average molecular weight is 177 g/mol. The lowest BCUT2D eigenvalue weighted by Gasteiger charge is -2.07. The van der Waals surface area contributed by atoms with E-state index < -0.39 is 0 Å². The van der Waals surface area contributed by atoms with E-state index in [4.69, 9.17) is 0 Å². The van der Waals surface area contributed by atoms with Crippen LogP contribution in [0.25, 0.3) is 0 Å². The molecule has 1 aromatic rings. The molecule has 13 heavy (non-hydrogen) atoms. The zero-order valence-electron chi connectivity index (χ0n) is 8.05. The highest BCUT2D eigenvalue weighted by Gasteiger charge is 2.15. The third-order valence-electron chi connectivity index (χ3n) is 2.72. The van der Waals surface area contributed by atoms with Crippen molar-refractivity contribution in [2.75, 3.05) is 0 Å². The SMILES string of the molecule is Cc1cc2c([n+]([O-])c1)CCCCC2. The van der Waals surface area contributed by atoms with Crippen LogP contribution in [0.1, 0.15) is 36.1 Å². The fourth-order valence-electron chi connectivity index (χ4n) is 2.07. The van der Waals surface area contributed by atoms with Gasteiger partial charge in [0.1, 0.15) is 0 Å². The Labute approximate surface area is 78.8 Å². The van der Waals surface area contributed by atoms with Crippen molar-refractivity contribution in [3.05, 3.63) is 34.3 Å². The highest BCUT2D eigenvalue weighted by Crippen LogP contribution is 2.18. The summed E-state index contributed by atoms with van der Waals surface area (Å²) >= 11 is 0. The van der Waals surface area contributed by atoms with Crippen LogP contribution in [-0.4, -0.2) is 0 Å². The molecule has 0 saturated carbocycles. The first-order chi connectivity index (χ1) is 6.27. The van der Waals surface area contributed by atoms with Gasteiger partial charge in [-0.3, -0.25) is 0 Å². The monoisotopic (exact) mass is 177 g/mol. The first-order valence-electron chi connectivity index (χ1n) is 4.99. The summed E-state index contributed by atoms with van der Waals surface area (Å²) in [4.78, 5) is 0. The van der Waals surface area contributed by atoms with Gasteiger partial charge in [-0.25, -0.2) is 0 Å². The molecule has 0 unspecified atom stereocenters. The molecular formula is C11H15NO. The molecule has 0 radical (unpaired) electrons. The van der Waals surface area contributed by atoms with Gasteiger partial charge in [0.25, 0.3) is 0 Å². The number of hydrogen-bond acceptors (Lipinski definition) is 1. The standard InChI is InChI=1S/C11H15NO/c1-9-7-10-5-3-2-4-6-11(10)12(13)8-9/h7-8H,2-6H2,1H3. The van der Waals surface area contributed by atoms with Gasteiger partial charge in [-0.1, -0.05) is 6.42 Å². The van der Waals surface area contributed by atoms with E-state index in [0.29, 0.717) is 0 Å². The lowest BCUT2D eigenvalue weighted by Crippen LogP contribution is -2.33. The van der Waals surface area contributed by atoms with Gasteiger partial charge in [-0.15, -0.1) is 0 Å². The largest absolute Gasteiger partial charge is 0.618 e. The van der Waals surface area contributed by atoms with Gasteiger partial charge in [-0.05, 0) is 32.3 Å². The van der Waals surface area contributed by atoms with Crippen LogP contribution >= 0.6 is 0 Å². The molecule has 0 spiro atoms. The molecular weight excluding hydrogens is 162 g/mol. The normalized spacial score (nSPS) is 16.4. The van der Waals surface area contributed by atoms with Crippen LogP contribution in [0.2, 0.25) is 0 Å². The van der Waals surface area contributed by atoms with Gasteiger partial charge >= 0.3 is 0 Å². The highest BCUT2D eigenvalue weighted by molar-refractivity contribution is 5.22. The summed E-state index contributed by atoms with van der Waals surface area (Å²) in [5.41, 5.74) is 3.35. The predicted octanol–water partition coefficient (Wildman–Crippen LogP) is 1.90. The number of nitrogens with zero attached hydrogens (tertiary/aromatic N) is 1. The van der Waals surface area contributed by atoms with Crippen molar-refractivity contribution >= 4 is 0 Å². The molecule has 1 aliphatic carbocycles. The van der Waals surface area contributed by atoms with E-state index in [1.54, 1.807) is 6.20 Å². The van der Waals surface area contributed by atoms with Gasteiger partial charge in [0.15, 0.2) is 11.9 Å². The van der Waals surface area contributed by atoms with Gasteiger partial charge in [-0.2, -0.15) is 4.73 Å². The molecule has 2 rings (SSSR count). The fraction of sp³-hybridized carbons (Fsp3) is 0.545. The van der Waals surface area contributed by atoms with Crippen LogP contribution in [0.4, 0.5) is 0 Å². The molecule has 0 bridgehead atoms. The second-order valence-corrected chi connectivity index (χ2v) is 3.88. The third kappa shape index (κ3) is 1.67. The zero-order chi connectivity index (χ0) is 9.26. The molecule has 0 aromatic carbocycles. The van der Waals surface area contributed by atoms with E-state index in [9.17, 15) is 5.21 Å². The van der Waals surface area contributed by atoms with E-state index in [0.717, 1.165) is 35.3 Å². The molecule has 2 heteroatoms. The second-order valence-electron chi connectivity index (χ2n) is 3.88. The van der Waals surface area contributed by atoms with Crippen molar-refractivity contribution in [1.82, 2.24) is 0 Å². The maximum absolute atomic E-state index is 11.6. The molecule has 2 nitrogen and oxygen atoms in total. The van der Waals surface area contributed by atoms with E-state index in [-0.39, 0.29) is 0 Å². The van der Waals surface area contributed by atoms with Crippen molar-refractivity contribution in [1.29, 1.82) is 0 Å². The lowest BCUT2D eigenvalue weighted by atomic mass is 10.1. The van der Waals surface area contributed by atoms with E-state index in [1.165, 1.54) is 18.4 Å². The van der Waals surface area contributed by atoms with Gasteiger partial charge < -0.3 is 5.21 Å². The van der Waals surface area contributed by atoms with E-state index in [1.807, 2.05) is 6.92 Å². The third-order valence-corrected chi connectivity index (χ3v) is 2.72. The number of rotatable bonds is 0. The van der Waals surface area contributed by atoms with Crippen LogP contribution < -0.4 is 4.73 Å². The smallest absolute Gasteiger partial charge is 0.195 e. The minimum absolute atomic E-state index is 0.957. The Hall–Kier alpha value is -1.05. The van der Waals surface area contributed by atoms with Gasteiger partial charge in [0, 0.05) is 17.5 Å². The van der Waals surface area contributed by atoms with Crippen molar-refractivity contribution in [3.8, 4) is 0 Å². The Bertz CT molecular complexity index is 320. The number of pyridine rings is 1. The Kier molecular flexibility index (Phi) is 2.21. The summed E-state index contributed by atoms with van der Waals surface area (Å²) in [6, 6.07) is 2.16. The van der Waals surface area contributed by atoms with Gasteiger partial charge in [0.05, 0.1) is 0 Å². The van der Waals surface area contributed by atoms with Crippen LogP contribution in [0.3, 0.4) is 0 Å². The second kappa shape index (κ2) is 3.36. The number of fused-ring (bicyclic) bond motifs is 1.